The summed E-state index contributed by atoms with van der Waals surface area (Å²) in [7, 11) is -9.87. The first-order valence-corrected chi connectivity index (χ1v) is 36.1. The van der Waals surface area contributed by atoms with Gasteiger partial charge in [-0.3, -0.25) is 37.3 Å². The molecule has 0 aliphatic carbocycles. The molecule has 0 aromatic carbocycles. The molecular weight excluding hydrogens is 1090 g/mol. The van der Waals surface area contributed by atoms with E-state index in [1.165, 1.54) is 116 Å². The molecule has 0 spiro atoms. The fourth-order valence-corrected chi connectivity index (χ4v) is 11.0. The zero-order chi connectivity index (χ0) is 60.6. The first kappa shape index (κ1) is 80.1. The van der Waals surface area contributed by atoms with Gasteiger partial charge in [0.25, 0.3) is 0 Å². The largest absolute Gasteiger partial charge is 0.472 e. The number of carbonyl (C=O) groups is 4. The second-order valence-electron chi connectivity index (χ2n) is 23.3. The van der Waals surface area contributed by atoms with Gasteiger partial charge in [0.05, 0.1) is 26.4 Å². The van der Waals surface area contributed by atoms with Gasteiger partial charge >= 0.3 is 39.5 Å². The summed E-state index contributed by atoms with van der Waals surface area (Å²) in [4.78, 5) is 71.9. The Morgan fingerprint density at radius 2 is 0.561 bits per heavy atom. The Kier molecular flexibility index (Phi) is 55.5. The molecule has 2 unspecified atom stereocenters. The van der Waals surface area contributed by atoms with Gasteiger partial charge in [-0.25, -0.2) is 9.13 Å². The van der Waals surface area contributed by atoms with Crippen molar-refractivity contribution in [3.8, 4) is 0 Å². The molecule has 5 atom stereocenters. The van der Waals surface area contributed by atoms with Crippen molar-refractivity contribution >= 4 is 39.5 Å². The Labute approximate surface area is 498 Å². The molecule has 0 aromatic rings. The zero-order valence-electron chi connectivity index (χ0n) is 52.6. The van der Waals surface area contributed by atoms with E-state index in [2.05, 4.69) is 34.6 Å². The van der Waals surface area contributed by atoms with Crippen molar-refractivity contribution in [2.45, 2.75) is 335 Å². The lowest BCUT2D eigenvalue weighted by atomic mass is 10.0. The van der Waals surface area contributed by atoms with Crippen LogP contribution in [0.2, 0.25) is 0 Å². The average Bonchev–Trinajstić information content (AvgIpc) is 3.45. The molecule has 0 aromatic heterocycles. The third-order valence-electron chi connectivity index (χ3n) is 14.5. The lowest BCUT2D eigenvalue weighted by molar-refractivity contribution is -0.161. The number of aliphatic hydroxyl groups is 1. The van der Waals surface area contributed by atoms with Gasteiger partial charge in [0.15, 0.2) is 12.2 Å². The number of phosphoric acid groups is 2. The summed E-state index contributed by atoms with van der Waals surface area (Å²) in [6, 6.07) is 0. The van der Waals surface area contributed by atoms with Gasteiger partial charge in [-0.1, -0.05) is 266 Å². The highest BCUT2D eigenvalue weighted by Gasteiger charge is 2.30. The quantitative estimate of drug-likeness (QED) is 0.0222. The predicted molar refractivity (Wildman–Crippen MR) is 326 cm³/mol. The van der Waals surface area contributed by atoms with Crippen LogP contribution in [0.3, 0.4) is 0 Å². The van der Waals surface area contributed by atoms with Gasteiger partial charge in [0.1, 0.15) is 19.3 Å². The van der Waals surface area contributed by atoms with E-state index in [-0.39, 0.29) is 25.7 Å². The van der Waals surface area contributed by atoms with Crippen LogP contribution in [0.5, 0.6) is 0 Å². The van der Waals surface area contributed by atoms with Crippen LogP contribution in [-0.2, 0) is 65.4 Å². The molecule has 0 aliphatic heterocycles. The summed E-state index contributed by atoms with van der Waals surface area (Å²) in [6.45, 7) is 7.12. The van der Waals surface area contributed by atoms with Crippen molar-refractivity contribution in [1.29, 1.82) is 0 Å². The van der Waals surface area contributed by atoms with Crippen molar-refractivity contribution < 1.29 is 80.2 Å². The Bertz CT molecular complexity index is 1600. The number of rotatable bonds is 63. The third kappa shape index (κ3) is 57.2. The predicted octanol–water partition coefficient (Wildman–Crippen LogP) is 17.4. The lowest BCUT2D eigenvalue weighted by Gasteiger charge is -2.21. The summed E-state index contributed by atoms with van der Waals surface area (Å²) in [5.41, 5.74) is 0. The first-order chi connectivity index (χ1) is 39.5. The van der Waals surface area contributed by atoms with Crippen LogP contribution in [-0.4, -0.2) is 96.7 Å². The fourth-order valence-electron chi connectivity index (χ4n) is 9.41. The molecule has 17 nitrogen and oxygen atoms in total. The summed E-state index contributed by atoms with van der Waals surface area (Å²) >= 11 is 0. The topological polar surface area (TPSA) is 237 Å². The number of phosphoric ester groups is 2. The smallest absolute Gasteiger partial charge is 0.462 e. The zero-order valence-corrected chi connectivity index (χ0v) is 54.4. The Morgan fingerprint density at radius 3 is 0.829 bits per heavy atom. The molecular formula is C63H122O17P2. The third-order valence-corrected chi connectivity index (χ3v) is 16.4. The number of hydrogen-bond donors (Lipinski definition) is 3. The van der Waals surface area contributed by atoms with Crippen molar-refractivity contribution in [3.63, 3.8) is 0 Å². The molecule has 0 saturated heterocycles. The van der Waals surface area contributed by atoms with E-state index in [4.69, 9.17) is 37.0 Å². The van der Waals surface area contributed by atoms with Gasteiger partial charge in [0.2, 0.25) is 0 Å². The molecule has 82 heavy (non-hydrogen) atoms. The van der Waals surface area contributed by atoms with Crippen molar-refractivity contribution in [1.82, 2.24) is 0 Å². The van der Waals surface area contributed by atoms with Crippen LogP contribution < -0.4 is 0 Å². The Balaban J connectivity index is 5.17. The van der Waals surface area contributed by atoms with E-state index in [1.807, 2.05) is 0 Å². The number of aliphatic hydroxyl groups excluding tert-OH is 1. The van der Waals surface area contributed by atoms with Gasteiger partial charge < -0.3 is 33.8 Å². The second-order valence-corrected chi connectivity index (χ2v) is 26.2. The van der Waals surface area contributed by atoms with Crippen LogP contribution in [0.4, 0.5) is 0 Å². The van der Waals surface area contributed by atoms with E-state index in [9.17, 15) is 43.2 Å². The molecule has 0 heterocycles. The van der Waals surface area contributed by atoms with Gasteiger partial charge in [-0.05, 0) is 31.6 Å². The average molecular weight is 1210 g/mol. The molecule has 0 rings (SSSR count). The SMILES string of the molecule is CCCCCCCCCCCCCCC(=O)OC[C@H](COP(=O)(O)OC[C@@H](O)COP(=O)(O)OC[C@@H](COC(=O)CCCCCCCCC)OC(=O)CCCCCCCCC)OC(=O)CCCCCCCCCCCCCCCC(C)C. The standard InChI is InChI=1S/C63H122O17P2/c1-6-9-12-15-18-19-20-25-28-33-37-42-47-61(66)74-53-59(80-63(68)49-44-39-34-29-26-23-21-22-24-27-32-35-40-45-56(4)5)55-78-82(71,72)76-51-57(64)50-75-81(69,70)77-54-58(79-62(67)48-43-38-31-17-14-11-8-3)52-73-60(65)46-41-36-30-16-13-10-7-2/h56-59,64H,6-55H2,1-5H3,(H,69,70)(H,71,72)/t57-,58+,59+/m0/s1. The van der Waals surface area contributed by atoms with Crippen molar-refractivity contribution in [2.24, 2.45) is 5.92 Å². The number of ether oxygens (including phenoxy) is 4. The number of hydrogen-bond acceptors (Lipinski definition) is 15. The molecule has 0 radical (unpaired) electrons. The summed E-state index contributed by atoms with van der Waals surface area (Å²) in [5, 5.41) is 10.5. The minimum absolute atomic E-state index is 0.103. The van der Waals surface area contributed by atoms with Gasteiger partial charge in [-0.15, -0.1) is 0 Å². The minimum Gasteiger partial charge on any atom is -0.462 e. The molecule has 0 bridgehead atoms. The molecule has 0 saturated carbocycles. The van der Waals surface area contributed by atoms with Crippen molar-refractivity contribution in [2.75, 3.05) is 39.6 Å². The molecule has 486 valence electrons. The maximum atomic E-state index is 13.0. The van der Waals surface area contributed by atoms with E-state index in [0.717, 1.165) is 121 Å². The highest BCUT2D eigenvalue weighted by atomic mass is 31.2. The van der Waals surface area contributed by atoms with E-state index < -0.39 is 97.5 Å². The maximum absolute atomic E-state index is 13.0. The normalized spacial score (nSPS) is 14.3. The van der Waals surface area contributed by atoms with Gasteiger partial charge in [-0.2, -0.15) is 0 Å². The maximum Gasteiger partial charge on any atom is 0.472 e. The van der Waals surface area contributed by atoms with Crippen LogP contribution in [0.25, 0.3) is 0 Å². The summed E-state index contributed by atoms with van der Waals surface area (Å²) in [6.07, 6.45) is 40.5. The molecule has 0 fully saturated rings. The first-order valence-electron chi connectivity index (χ1n) is 33.1. The van der Waals surface area contributed by atoms with Gasteiger partial charge in [0, 0.05) is 25.7 Å². The van der Waals surface area contributed by atoms with E-state index in [1.54, 1.807) is 0 Å². The Morgan fingerprint density at radius 1 is 0.329 bits per heavy atom. The van der Waals surface area contributed by atoms with E-state index >= 15 is 0 Å². The monoisotopic (exact) mass is 1210 g/mol. The number of carbonyl (C=O) groups excluding carboxylic acids is 4. The molecule has 3 N–H and O–H groups in total. The summed E-state index contributed by atoms with van der Waals surface area (Å²) < 4.78 is 67.8. The fraction of sp³-hybridized carbons (Fsp3) is 0.937. The molecule has 19 heteroatoms. The number of unbranched alkanes of at least 4 members (excludes halogenated alkanes) is 35. The summed E-state index contributed by atoms with van der Waals surface area (Å²) in [5.74, 6) is -1.35. The lowest BCUT2D eigenvalue weighted by Crippen LogP contribution is -2.30. The van der Waals surface area contributed by atoms with Crippen LogP contribution in [0.1, 0.15) is 317 Å². The Hall–Kier alpha value is -1.94. The second kappa shape index (κ2) is 56.8. The molecule has 0 aliphatic rings. The van der Waals surface area contributed by atoms with Crippen LogP contribution in [0.15, 0.2) is 0 Å². The van der Waals surface area contributed by atoms with Crippen LogP contribution in [0, 0.1) is 5.92 Å². The highest BCUT2D eigenvalue weighted by molar-refractivity contribution is 7.47. The number of esters is 4. The van der Waals surface area contributed by atoms with Crippen LogP contribution >= 0.6 is 15.6 Å². The molecule has 0 amide bonds. The minimum atomic E-state index is -4.94. The van der Waals surface area contributed by atoms with Crippen molar-refractivity contribution in [3.05, 3.63) is 0 Å². The highest BCUT2D eigenvalue weighted by Crippen LogP contribution is 2.45. The van der Waals surface area contributed by atoms with E-state index in [0.29, 0.717) is 25.7 Å².